The molecule has 7 heteroatoms. The zero-order chi connectivity index (χ0) is 18.4. The maximum atomic E-state index is 6.16. The summed E-state index contributed by atoms with van der Waals surface area (Å²) in [5.74, 6) is 0.819. The minimum atomic E-state index is 0. The van der Waals surface area contributed by atoms with E-state index < -0.39 is 0 Å². The van der Waals surface area contributed by atoms with Crippen LogP contribution in [0, 0.1) is 0 Å². The summed E-state index contributed by atoms with van der Waals surface area (Å²) in [4.78, 5) is 4.75. The molecule has 3 rings (SSSR count). The van der Waals surface area contributed by atoms with Gasteiger partial charge >= 0.3 is 0 Å². The van der Waals surface area contributed by atoms with Crippen LogP contribution in [-0.2, 0) is 0 Å². The first kappa shape index (κ1) is 21.5. The van der Waals surface area contributed by atoms with Gasteiger partial charge in [-0.1, -0.05) is 11.6 Å². The van der Waals surface area contributed by atoms with Crippen LogP contribution in [0.2, 0.25) is 5.02 Å². The van der Waals surface area contributed by atoms with Gasteiger partial charge in [0, 0.05) is 22.3 Å². The lowest BCUT2D eigenvalue weighted by Gasteiger charge is -2.14. The molecule has 0 bridgehead atoms. The predicted molar refractivity (Wildman–Crippen MR) is 118 cm³/mol. The molecule has 3 aromatic rings. The molecular weight excluding hydrogens is 383 g/mol. The van der Waals surface area contributed by atoms with Crippen LogP contribution in [-0.4, -0.2) is 38.3 Å². The van der Waals surface area contributed by atoms with Crippen molar-refractivity contribution >= 4 is 51.5 Å². The molecule has 0 saturated heterocycles. The Bertz CT molecular complexity index is 889. The zero-order valence-electron chi connectivity index (χ0n) is 15.4. The van der Waals surface area contributed by atoms with Gasteiger partial charge in [-0.25, -0.2) is 4.98 Å². The number of anilines is 1. The lowest BCUT2D eigenvalue weighted by atomic mass is 10.1. The van der Waals surface area contributed by atoms with E-state index in [9.17, 15) is 0 Å². The number of nitrogens with two attached hydrogens (primary N) is 1. The maximum absolute atomic E-state index is 6.16. The number of pyridine rings is 1. The third kappa shape index (κ3) is 5.36. The fraction of sp³-hybridized carbons (Fsp3) is 0.350. The second-order valence-electron chi connectivity index (χ2n) is 6.20. The molecule has 0 aliphatic heterocycles. The normalized spacial score (nSPS) is 10.8. The van der Waals surface area contributed by atoms with Gasteiger partial charge in [0.05, 0.1) is 23.8 Å². The number of aromatic nitrogens is 1. The van der Waals surface area contributed by atoms with E-state index in [4.69, 9.17) is 27.1 Å². The van der Waals surface area contributed by atoms with Crippen molar-refractivity contribution in [1.29, 1.82) is 0 Å². The van der Waals surface area contributed by atoms with Crippen LogP contribution >= 0.6 is 24.0 Å². The van der Waals surface area contributed by atoms with Gasteiger partial charge < -0.3 is 21.1 Å². The Kier molecular flexibility index (Phi) is 8.38. The second kappa shape index (κ2) is 10.5. The molecule has 1 heterocycles. The molecule has 0 aliphatic rings. The number of ether oxygens (including phenoxy) is 1. The molecule has 27 heavy (non-hydrogen) atoms. The summed E-state index contributed by atoms with van der Waals surface area (Å²) in [7, 11) is 1.68. The first-order valence-corrected chi connectivity index (χ1v) is 9.32. The average molecular weight is 409 g/mol. The third-order valence-corrected chi connectivity index (χ3v) is 4.57. The van der Waals surface area contributed by atoms with E-state index in [2.05, 4.69) is 10.6 Å². The SMILES string of the molecule is COc1ccc2nc3cc(Cl)ccc3c(NCCCNCCCN)c2c1.Cl. The summed E-state index contributed by atoms with van der Waals surface area (Å²) in [5.41, 5.74) is 8.39. The summed E-state index contributed by atoms with van der Waals surface area (Å²) < 4.78 is 5.39. The molecule has 146 valence electrons. The van der Waals surface area contributed by atoms with Crippen molar-refractivity contribution in [3.05, 3.63) is 41.4 Å². The van der Waals surface area contributed by atoms with Crippen molar-refractivity contribution in [3.8, 4) is 5.75 Å². The van der Waals surface area contributed by atoms with Crippen LogP contribution < -0.4 is 21.1 Å². The molecule has 1 aromatic heterocycles. The van der Waals surface area contributed by atoms with Crippen molar-refractivity contribution in [2.45, 2.75) is 12.8 Å². The van der Waals surface area contributed by atoms with E-state index in [1.165, 1.54) is 0 Å². The highest BCUT2D eigenvalue weighted by Gasteiger charge is 2.10. The summed E-state index contributed by atoms with van der Waals surface area (Å²) in [6, 6.07) is 11.8. The van der Waals surface area contributed by atoms with Crippen molar-refractivity contribution in [2.24, 2.45) is 5.73 Å². The number of benzene rings is 2. The monoisotopic (exact) mass is 408 g/mol. The number of methoxy groups -OCH3 is 1. The molecule has 0 radical (unpaired) electrons. The Morgan fingerprint density at radius 2 is 1.81 bits per heavy atom. The third-order valence-electron chi connectivity index (χ3n) is 4.33. The van der Waals surface area contributed by atoms with E-state index in [-0.39, 0.29) is 12.4 Å². The quantitative estimate of drug-likeness (QED) is 0.365. The van der Waals surface area contributed by atoms with Gasteiger partial charge in [-0.2, -0.15) is 0 Å². The maximum Gasteiger partial charge on any atom is 0.119 e. The Morgan fingerprint density at radius 3 is 2.59 bits per heavy atom. The highest BCUT2D eigenvalue weighted by Crippen LogP contribution is 2.34. The summed E-state index contributed by atoms with van der Waals surface area (Å²) in [6.45, 7) is 3.52. The largest absolute Gasteiger partial charge is 0.497 e. The molecular formula is C20H26Cl2N4O. The first-order valence-electron chi connectivity index (χ1n) is 8.94. The van der Waals surface area contributed by atoms with Crippen LogP contribution in [0.25, 0.3) is 21.8 Å². The smallest absolute Gasteiger partial charge is 0.119 e. The molecule has 0 fully saturated rings. The second-order valence-corrected chi connectivity index (χ2v) is 6.64. The number of nitrogens with zero attached hydrogens (tertiary/aromatic N) is 1. The summed E-state index contributed by atoms with van der Waals surface area (Å²) >= 11 is 6.16. The number of halogens is 2. The number of nitrogens with one attached hydrogen (secondary N) is 2. The van der Waals surface area contributed by atoms with Gasteiger partial charge in [0.2, 0.25) is 0 Å². The van der Waals surface area contributed by atoms with Crippen molar-refractivity contribution in [2.75, 3.05) is 38.6 Å². The van der Waals surface area contributed by atoms with E-state index in [0.29, 0.717) is 5.02 Å². The molecule has 0 saturated carbocycles. The van der Waals surface area contributed by atoms with E-state index in [1.807, 2.05) is 36.4 Å². The number of fused-ring (bicyclic) bond motifs is 2. The van der Waals surface area contributed by atoms with E-state index in [0.717, 1.165) is 72.3 Å². The molecule has 0 amide bonds. The van der Waals surface area contributed by atoms with Crippen molar-refractivity contribution in [3.63, 3.8) is 0 Å². The van der Waals surface area contributed by atoms with Crippen LogP contribution in [0.4, 0.5) is 5.69 Å². The lowest BCUT2D eigenvalue weighted by molar-refractivity contribution is 0.415. The van der Waals surface area contributed by atoms with Crippen molar-refractivity contribution < 1.29 is 4.74 Å². The van der Waals surface area contributed by atoms with Gasteiger partial charge in [0.25, 0.3) is 0 Å². The molecule has 0 atom stereocenters. The highest BCUT2D eigenvalue weighted by atomic mass is 35.5. The van der Waals surface area contributed by atoms with E-state index >= 15 is 0 Å². The minimum absolute atomic E-state index is 0. The van der Waals surface area contributed by atoms with E-state index in [1.54, 1.807) is 7.11 Å². The van der Waals surface area contributed by atoms with Crippen molar-refractivity contribution in [1.82, 2.24) is 10.3 Å². The minimum Gasteiger partial charge on any atom is -0.497 e. The number of hydrogen-bond donors (Lipinski definition) is 3. The Hall–Kier alpha value is -1.79. The molecule has 2 aromatic carbocycles. The average Bonchev–Trinajstić information content (AvgIpc) is 2.66. The van der Waals surface area contributed by atoms with Gasteiger partial charge in [-0.15, -0.1) is 12.4 Å². The highest BCUT2D eigenvalue weighted by molar-refractivity contribution is 6.31. The van der Waals surface area contributed by atoms with Crippen LogP contribution in [0.15, 0.2) is 36.4 Å². The van der Waals surface area contributed by atoms with Gasteiger partial charge in [0.15, 0.2) is 0 Å². The van der Waals surface area contributed by atoms with Crippen LogP contribution in [0.3, 0.4) is 0 Å². The van der Waals surface area contributed by atoms with Gasteiger partial charge in [-0.05, 0) is 68.9 Å². The number of hydrogen-bond acceptors (Lipinski definition) is 5. The molecule has 0 unspecified atom stereocenters. The summed E-state index contributed by atoms with van der Waals surface area (Å²) in [5, 5.41) is 9.79. The zero-order valence-corrected chi connectivity index (χ0v) is 17.0. The van der Waals surface area contributed by atoms with Crippen LogP contribution in [0.1, 0.15) is 12.8 Å². The van der Waals surface area contributed by atoms with Gasteiger partial charge in [0.1, 0.15) is 5.75 Å². The van der Waals surface area contributed by atoms with Crippen LogP contribution in [0.5, 0.6) is 5.75 Å². The summed E-state index contributed by atoms with van der Waals surface area (Å²) in [6.07, 6.45) is 2.03. The lowest BCUT2D eigenvalue weighted by Crippen LogP contribution is -2.21. The topological polar surface area (TPSA) is 72.2 Å². The molecule has 0 aliphatic carbocycles. The molecule has 5 nitrogen and oxygen atoms in total. The number of rotatable bonds is 9. The fourth-order valence-corrected chi connectivity index (χ4v) is 3.16. The standard InChI is InChI=1S/C20H25ClN4O.ClH/c1-26-15-5-7-18-17(13-15)20(24-11-3-10-23-9-2-8-22)16-6-4-14(21)12-19(16)25-18;/h4-7,12-13,23H,2-3,8-11,22H2,1H3,(H,24,25);1H. The molecule has 4 N–H and O–H groups in total. The fourth-order valence-electron chi connectivity index (χ4n) is 2.99. The Balaban J connectivity index is 0.00000261. The Morgan fingerprint density at radius 1 is 1.00 bits per heavy atom. The predicted octanol–water partition coefficient (Wildman–Crippen LogP) is 4.21. The van der Waals surface area contributed by atoms with Gasteiger partial charge in [-0.3, -0.25) is 0 Å². The first-order chi connectivity index (χ1) is 12.7. The Labute approximate surface area is 171 Å². The molecule has 0 spiro atoms.